The molecule has 1 aromatic rings. The molecule has 0 aromatic heterocycles. The van der Waals surface area contributed by atoms with Crippen molar-refractivity contribution in [3.63, 3.8) is 0 Å². The van der Waals surface area contributed by atoms with E-state index in [1.54, 1.807) is 0 Å². The van der Waals surface area contributed by atoms with Crippen molar-refractivity contribution < 1.29 is 9.53 Å². The van der Waals surface area contributed by atoms with Crippen LogP contribution in [0.3, 0.4) is 0 Å². The van der Waals surface area contributed by atoms with Gasteiger partial charge < -0.3 is 10.1 Å². The van der Waals surface area contributed by atoms with E-state index in [9.17, 15) is 4.79 Å². The lowest BCUT2D eigenvalue weighted by molar-refractivity contribution is -0.123. The summed E-state index contributed by atoms with van der Waals surface area (Å²) in [5.41, 5.74) is 2.13. The Morgan fingerprint density at radius 1 is 1.38 bits per heavy atom. The van der Waals surface area contributed by atoms with Gasteiger partial charge in [-0.2, -0.15) is 0 Å². The van der Waals surface area contributed by atoms with Crippen molar-refractivity contribution in [2.24, 2.45) is 0 Å². The van der Waals surface area contributed by atoms with Gasteiger partial charge in [0.2, 0.25) is 0 Å². The van der Waals surface area contributed by atoms with E-state index in [0.29, 0.717) is 6.04 Å². The normalized spacial score (nSPS) is 18.7. The molecule has 0 saturated carbocycles. The largest absolute Gasteiger partial charge is 0.483 e. The number of hydrogen-bond acceptors (Lipinski definition) is 3. The van der Waals surface area contributed by atoms with Gasteiger partial charge in [0.15, 0.2) is 6.61 Å². The van der Waals surface area contributed by atoms with Gasteiger partial charge in [0.1, 0.15) is 5.75 Å². The summed E-state index contributed by atoms with van der Waals surface area (Å²) < 4.78 is 5.67. The quantitative estimate of drug-likeness (QED) is 0.874. The van der Waals surface area contributed by atoms with E-state index in [1.165, 1.54) is 12.8 Å². The van der Waals surface area contributed by atoms with Crippen LogP contribution in [-0.2, 0) is 4.79 Å². The second kappa shape index (κ2) is 7.46. The fraction of sp³-hybridized carbons (Fsp3) is 0.588. The number of carbonyl (C=O) groups excluding carboxylic acids is 1. The number of likely N-dealkylation sites (N-methyl/N-ethyl adjacent to an activating group) is 1. The maximum Gasteiger partial charge on any atom is 0.257 e. The second-order valence-electron chi connectivity index (χ2n) is 5.74. The molecule has 0 bridgehead atoms. The van der Waals surface area contributed by atoms with Crippen LogP contribution in [0.4, 0.5) is 0 Å². The molecule has 0 aliphatic carbocycles. The molecule has 1 unspecified atom stereocenters. The van der Waals surface area contributed by atoms with E-state index in [2.05, 4.69) is 17.1 Å². The van der Waals surface area contributed by atoms with Crippen LogP contribution in [0.1, 0.15) is 30.9 Å². The molecule has 1 aromatic carbocycles. The van der Waals surface area contributed by atoms with Crippen LogP contribution in [0.5, 0.6) is 5.75 Å². The van der Waals surface area contributed by atoms with Crippen LogP contribution in [0.2, 0.25) is 0 Å². The number of rotatable bonds is 6. The fourth-order valence-corrected chi connectivity index (χ4v) is 2.99. The molecule has 116 valence electrons. The highest BCUT2D eigenvalue weighted by atomic mass is 16.5. The van der Waals surface area contributed by atoms with E-state index in [-0.39, 0.29) is 12.5 Å². The van der Waals surface area contributed by atoms with Gasteiger partial charge in [-0.15, -0.1) is 0 Å². The number of nitrogens with one attached hydrogen (secondary N) is 1. The van der Waals surface area contributed by atoms with Crippen molar-refractivity contribution in [2.45, 2.75) is 39.7 Å². The lowest BCUT2D eigenvalue weighted by atomic mass is 10.1. The molecule has 0 radical (unpaired) electrons. The van der Waals surface area contributed by atoms with E-state index in [0.717, 1.165) is 36.5 Å². The first-order valence-electron chi connectivity index (χ1n) is 7.81. The van der Waals surface area contributed by atoms with Gasteiger partial charge >= 0.3 is 0 Å². The number of amides is 1. The van der Waals surface area contributed by atoms with E-state index in [4.69, 9.17) is 4.74 Å². The third kappa shape index (κ3) is 4.21. The second-order valence-corrected chi connectivity index (χ2v) is 5.74. The monoisotopic (exact) mass is 290 g/mol. The van der Waals surface area contributed by atoms with E-state index in [1.807, 2.05) is 32.0 Å². The summed E-state index contributed by atoms with van der Waals surface area (Å²) in [5, 5.41) is 2.99. The van der Waals surface area contributed by atoms with Gasteiger partial charge in [-0.3, -0.25) is 9.69 Å². The number of para-hydroxylation sites is 1. The van der Waals surface area contributed by atoms with Crippen LogP contribution in [0, 0.1) is 13.8 Å². The summed E-state index contributed by atoms with van der Waals surface area (Å²) in [6.07, 6.45) is 2.40. The zero-order chi connectivity index (χ0) is 15.2. The third-order valence-electron chi connectivity index (χ3n) is 4.20. The standard InChI is InChI=1S/C17H26N2O2/c1-4-19-10-6-9-15(19)11-18-16(20)12-21-17-13(2)7-5-8-14(17)3/h5,7-8,15H,4,6,9-12H2,1-3H3,(H,18,20). The molecule has 1 amide bonds. The number of likely N-dealkylation sites (tertiary alicyclic amines) is 1. The molecule has 1 heterocycles. The zero-order valence-corrected chi connectivity index (χ0v) is 13.3. The van der Waals surface area contributed by atoms with Crippen LogP contribution < -0.4 is 10.1 Å². The summed E-state index contributed by atoms with van der Waals surface area (Å²) in [6, 6.07) is 6.48. The first kappa shape index (κ1) is 15.8. The minimum absolute atomic E-state index is 0.0411. The Labute approximate surface area is 127 Å². The molecule has 1 aliphatic rings. The smallest absolute Gasteiger partial charge is 0.257 e. The highest BCUT2D eigenvalue weighted by Crippen LogP contribution is 2.22. The van der Waals surface area contributed by atoms with Crippen molar-refractivity contribution in [3.8, 4) is 5.75 Å². The Bertz CT molecular complexity index is 467. The summed E-state index contributed by atoms with van der Waals surface area (Å²) >= 11 is 0. The maximum absolute atomic E-state index is 11.9. The zero-order valence-electron chi connectivity index (χ0n) is 13.3. The predicted octanol–water partition coefficient (Wildman–Crippen LogP) is 2.28. The predicted molar refractivity (Wildman–Crippen MR) is 84.7 cm³/mol. The van der Waals surface area contributed by atoms with Gasteiger partial charge in [0, 0.05) is 12.6 Å². The van der Waals surface area contributed by atoms with Crippen molar-refractivity contribution in [1.82, 2.24) is 10.2 Å². The highest BCUT2D eigenvalue weighted by Gasteiger charge is 2.23. The molecule has 1 atom stereocenters. The first-order chi connectivity index (χ1) is 10.1. The summed E-state index contributed by atoms with van der Waals surface area (Å²) in [7, 11) is 0. The minimum Gasteiger partial charge on any atom is -0.483 e. The molecule has 1 aliphatic heterocycles. The van der Waals surface area contributed by atoms with Crippen molar-refractivity contribution >= 4 is 5.91 Å². The van der Waals surface area contributed by atoms with Gasteiger partial charge in [0.25, 0.3) is 5.91 Å². The molecule has 1 N–H and O–H groups in total. The number of benzene rings is 1. The van der Waals surface area contributed by atoms with E-state index < -0.39 is 0 Å². The molecule has 4 nitrogen and oxygen atoms in total. The Hall–Kier alpha value is -1.55. The minimum atomic E-state index is -0.0411. The third-order valence-corrected chi connectivity index (χ3v) is 4.20. The van der Waals surface area contributed by atoms with Crippen LogP contribution in [-0.4, -0.2) is 43.1 Å². The van der Waals surface area contributed by atoms with Gasteiger partial charge in [-0.05, 0) is 50.9 Å². The lowest BCUT2D eigenvalue weighted by Crippen LogP contribution is -2.41. The number of ether oxygens (including phenoxy) is 1. The number of hydrogen-bond donors (Lipinski definition) is 1. The molecule has 1 fully saturated rings. The van der Waals surface area contributed by atoms with Crippen LogP contribution in [0.25, 0.3) is 0 Å². The maximum atomic E-state index is 11.9. The highest BCUT2D eigenvalue weighted by molar-refractivity contribution is 5.77. The van der Waals surface area contributed by atoms with Gasteiger partial charge in [-0.1, -0.05) is 25.1 Å². The molecule has 2 rings (SSSR count). The van der Waals surface area contributed by atoms with E-state index >= 15 is 0 Å². The average Bonchev–Trinajstić information content (AvgIpc) is 2.92. The number of nitrogens with zero attached hydrogens (tertiary/aromatic N) is 1. The van der Waals surface area contributed by atoms with Crippen LogP contribution >= 0.6 is 0 Å². The first-order valence-corrected chi connectivity index (χ1v) is 7.81. The Balaban J connectivity index is 1.77. The Morgan fingerprint density at radius 3 is 2.76 bits per heavy atom. The summed E-state index contributed by atoms with van der Waals surface area (Å²) in [4.78, 5) is 14.4. The molecular formula is C17H26N2O2. The van der Waals surface area contributed by atoms with Gasteiger partial charge in [-0.25, -0.2) is 0 Å². The molecule has 0 spiro atoms. The van der Waals surface area contributed by atoms with Gasteiger partial charge in [0.05, 0.1) is 0 Å². The SMILES string of the molecule is CCN1CCCC1CNC(=O)COc1c(C)cccc1C. The topological polar surface area (TPSA) is 41.6 Å². The number of aryl methyl sites for hydroxylation is 2. The Kier molecular flexibility index (Phi) is 5.62. The fourth-order valence-electron chi connectivity index (χ4n) is 2.99. The summed E-state index contributed by atoms with van der Waals surface area (Å²) in [6.45, 7) is 9.18. The van der Waals surface area contributed by atoms with Crippen molar-refractivity contribution in [2.75, 3.05) is 26.2 Å². The van der Waals surface area contributed by atoms with Crippen molar-refractivity contribution in [3.05, 3.63) is 29.3 Å². The molecule has 4 heteroatoms. The summed E-state index contributed by atoms with van der Waals surface area (Å²) in [5.74, 6) is 0.782. The molecule has 1 saturated heterocycles. The van der Waals surface area contributed by atoms with Crippen molar-refractivity contribution in [1.29, 1.82) is 0 Å². The number of carbonyl (C=O) groups is 1. The van der Waals surface area contributed by atoms with Crippen LogP contribution in [0.15, 0.2) is 18.2 Å². The lowest BCUT2D eigenvalue weighted by Gasteiger charge is -2.23. The molecular weight excluding hydrogens is 264 g/mol. The molecule has 21 heavy (non-hydrogen) atoms. The average molecular weight is 290 g/mol. The Morgan fingerprint density at radius 2 is 2.10 bits per heavy atom.